The number of benzene rings is 1. The number of unbranched alkanes of at least 4 members (excludes halogenated alkanes) is 1. The normalized spacial score (nSPS) is 11.3. The van der Waals surface area contributed by atoms with Crippen molar-refractivity contribution in [1.82, 2.24) is 0 Å². The largest absolute Gasteiger partial charge is 0.504 e. The molecule has 0 fully saturated rings. The Labute approximate surface area is 116 Å². The molecule has 0 bridgehead atoms. The van der Waals surface area contributed by atoms with E-state index >= 15 is 0 Å². The lowest BCUT2D eigenvalue weighted by Gasteiger charge is -2.20. The van der Waals surface area contributed by atoms with Crippen molar-refractivity contribution in [2.45, 2.75) is 59.3 Å². The molecule has 0 atom stereocenters. The topological polar surface area (TPSA) is 49.7 Å². The van der Waals surface area contributed by atoms with Crippen LogP contribution >= 0.6 is 0 Å². The van der Waals surface area contributed by atoms with Crippen LogP contribution in [0.5, 0.6) is 17.2 Å². The van der Waals surface area contributed by atoms with E-state index in [2.05, 4.69) is 6.92 Å². The van der Waals surface area contributed by atoms with E-state index in [1.807, 2.05) is 33.8 Å². The highest BCUT2D eigenvalue weighted by Crippen LogP contribution is 2.45. The lowest BCUT2D eigenvalue weighted by molar-refractivity contribution is 0.299. The fraction of sp³-hybridized carbons (Fsp3) is 0.625. The van der Waals surface area contributed by atoms with Gasteiger partial charge < -0.3 is 14.9 Å². The molecule has 0 aliphatic carbocycles. The van der Waals surface area contributed by atoms with E-state index in [0.29, 0.717) is 17.9 Å². The fourth-order valence-electron chi connectivity index (χ4n) is 2.11. The lowest BCUT2D eigenvalue weighted by atomic mass is 9.93. The van der Waals surface area contributed by atoms with Gasteiger partial charge in [-0.1, -0.05) is 41.0 Å². The summed E-state index contributed by atoms with van der Waals surface area (Å²) in [7, 11) is 0. The SMILES string of the molecule is CCCCOc1cc(C(C)C)c(O)c(O)c1C(C)C. The minimum Gasteiger partial charge on any atom is -0.504 e. The third-order valence-corrected chi connectivity index (χ3v) is 3.26. The van der Waals surface area contributed by atoms with Crippen molar-refractivity contribution in [3.8, 4) is 17.2 Å². The maximum atomic E-state index is 10.2. The van der Waals surface area contributed by atoms with Gasteiger partial charge in [-0.05, 0) is 24.3 Å². The Morgan fingerprint density at radius 1 is 1.05 bits per heavy atom. The second kappa shape index (κ2) is 6.69. The Morgan fingerprint density at radius 2 is 1.68 bits per heavy atom. The van der Waals surface area contributed by atoms with Crippen LogP contribution in [-0.2, 0) is 0 Å². The van der Waals surface area contributed by atoms with Gasteiger partial charge in [0.05, 0.1) is 6.61 Å². The Morgan fingerprint density at radius 3 is 2.16 bits per heavy atom. The van der Waals surface area contributed by atoms with Crippen LogP contribution in [0.3, 0.4) is 0 Å². The molecular formula is C16H26O3. The standard InChI is InChI=1S/C16H26O3/c1-6-7-8-19-13-9-12(10(2)3)15(17)16(18)14(13)11(4)5/h9-11,17-18H,6-8H2,1-5H3. The first-order valence-corrected chi connectivity index (χ1v) is 7.11. The molecule has 1 aromatic rings. The van der Waals surface area contributed by atoms with Crippen molar-refractivity contribution in [3.05, 3.63) is 17.2 Å². The Bertz CT molecular complexity index is 422. The Kier molecular flexibility index (Phi) is 5.52. The number of ether oxygens (including phenoxy) is 1. The minimum absolute atomic E-state index is 0.0125. The van der Waals surface area contributed by atoms with Crippen molar-refractivity contribution >= 4 is 0 Å². The molecular weight excluding hydrogens is 240 g/mol. The van der Waals surface area contributed by atoms with Gasteiger partial charge in [0, 0.05) is 11.1 Å². The van der Waals surface area contributed by atoms with Crippen molar-refractivity contribution in [2.75, 3.05) is 6.61 Å². The van der Waals surface area contributed by atoms with Crippen molar-refractivity contribution in [2.24, 2.45) is 0 Å². The van der Waals surface area contributed by atoms with Gasteiger partial charge in [0.15, 0.2) is 11.5 Å². The van der Waals surface area contributed by atoms with E-state index < -0.39 is 0 Å². The molecule has 0 saturated carbocycles. The average molecular weight is 266 g/mol. The van der Waals surface area contributed by atoms with Crippen LogP contribution in [0.1, 0.15) is 70.4 Å². The molecule has 1 rings (SSSR count). The minimum atomic E-state index is -0.0345. The highest BCUT2D eigenvalue weighted by Gasteiger charge is 2.21. The molecule has 0 heterocycles. The van der Waals surface area contributed by atoms with E-state index in [1.165, 1.54) is 0 Å². The summed E-state index contributed by atoms with van der Waals surface area (Å²) >= 11 is 0. The molecule has 0 saturated heterocycles. The summed E-state index contributed by atoms with van der Waals surface area (Å²) < 4.78 is 5.79. The van der Waals surface area contributed by atoms with Crippen LogP contribution in [0.25, 0.3) is 0 Å². The summed E-state index contributed by atoms with van der Waals surface area (Å²) in [4.78, 5) is 0. The molecule has 0 aliphatic rings. The maximum Gasteiger partial charge on any atom is 0.164 e. The lowest BCUT2D eigenvalue weighted by Crippen LogP contribution is -2.03. The summed E-state index contributed by atoms with van der Waals surface area (Å²) in [6.45, 7) is 10.7. The number of phenolic OH excluding ortho intramolecular Hbond substituents is 2. The smallest absolute Gasteiger partial charge is 0.164 e. The first-order chi connectivity index (χ1) is 8.90. The molecule has 3 nitrogen and oxygen atoms in total. The van der Waals surface area contributed by atoms with Gasteiger partial charge >= 0.3 is 0 Å². The molecule has 0 amide bonds. The number of hydrogen-bond acceptors (Lipinski definition) is 3. The zero-order valence-electron chi connectivity index (χ0n) is 12.7. The van der Waals surface area contributed by atoms with Crippen molar-refractivity contribution in [1.29, 1.82) is 0 Å². The first-order valence-electron chi connectivity index (χ1n) is 7.11. The Balaban J connectivity index is 3.24. The summed E-state index contributed by atoms with van der Waals surface area (Å²) in [5, 5.41) is 20.3. The molecule has 19 heavy (non-hydrogen) atoms. The zero-order chi connectivity index (χ0) is 14.6. The molecule has 0 aliphatic heterocycles. The molecule has 0 unspecified atom stereocenters. The van der Waals surface area contributed by atoms with E-state index in [0.717, 1.165) is 18.4 Å². The maximum absolute atomic E-state index is 10.2. The predicted molar refractivity (Wildman–Crippen MR) is 78.4 cm³/mol. The highest BCUT2D eigenvalue weighted by atomic mass is 16.5. The van der Waals surface area contributed by atoms with E-state index in [9.17, 15) is 10.2 Å². The van der Waals surface area contributed by atoms with Crippen LogP contribution in [0.4, 0.5) is 0 Å². The number of phenols is 2. The molecule has 2 N–H and O–H groups in total. The average Bonchev–Trinajstić information content (AvgIpc) is 2.32. The molecule has 0 radical (unpaired) electrons. The summed E-state index contributed by atoms with van der Waals surface area (Å²) in [6, 6.07) is 1.87. The predicted octanol–water partition coefficient (Wildman–Crippen LogP) is 4.52. The quantitative estimate of drug-likeness (QED) is 0.587. The molecule has 1 aromatic carbocycles. The van der Waals surface area contributed by atoms with Gasteiger partial charge in [0.25, 0.3) is 0 Å². The fourth-order valence-corrected chi connectivity index (χ4v) is 2.11. The van der Waals surface area contributed by atoms with Crippen LogP contribution in [0, 0.1) is 0 Å². The number of hydrogen-bond donors (Lipinski definition) is 2. The van der Waals surface area contributed by atoms with Gasteiger partial charge in [-0.15, -0.1) is 0 Å². The van der Waals surface area contributed by atoms with E-state index in [-0.39, 0.29) is 23.3 Å². The van der Waals surface area contributed by atoms with Gasteiger partial charge in [-0.25, -0.2) is 0 Å². The highest BCUT2D eigenvalue weighted by molar-refractivity contribution is 5.58. The summed E-state index contributed by atoms with van der Waals surface area (Å²) in [6.07, 6.45) is 2.05. The monoisotopic (exact) mass is 266 g/mol. The second-order valence-corrected chi connectivity index (χ2v) is 5.59. The molecule has 108 valence electrons. The molecule has 0 aromatic heterocycles. The van der Waals surface area contributed by atoms with Gasteiger partial charge in [0.2, 0.25) is 0 Å². The Hall–Kier alpha value is -1.38. The third kappa shape index (κ3) is 3.55. The molecule has 3 heteroatoms. The second-order valence-electron chi connectivity index (χ2n) is 5.59. The zero-order valence-corrected chi connectivity index (χ0v) is 12.7. The van der Waals surface area contributed by atoms with E-state index in [1.54, 1.807) is 0 Å². The van der Waals surface area contributed by atoms with Crippen LogP contribution in [0.15, 0.2) is 6.07 Å². The number of rotatable bonds is 6. The van der Waals surface area contributed by atoms with Crippen molar-refractivity contribution in [3.63, 3.8) is 0 Å². The summed E-state index contributed by atoms with van der Waals surface area (Å²) in [5.74, 6) is 0.890. The van der Waals surface area contributed by atoms with Gasteiger partial charge in [-0.2, -0.15) is 0 Å². The summed E-state index contributed by atoms with van der Waals surface area (Å²) in [5.41, 5.74) is 1.42. The van der Waals surface area contributed by atoms with E-state index in [4.69, 9.17) is 4.74 Å². The van der Waals surface area contributed by atoms with Crippen LogP contribution in [-0.4, -0.2) is 16.8 Å². The molecule has 0 spiro atoms. The van der Waals surface area contributed by atoms with Gasteiger partial charge in [-0.3, -0.25) is 0 Å². The van der Waals surface area contributed by atoms with Crippen molar-refractivity contribution < 1.29 is 14.9 Å². The third-order valence-electron chi connectivity index (χ3n) is 3.26. The first kappa shape index (κ1) is 15.7. The van der Waals surface area contributed by atoms with Crippen LogP contribution in [0.2, 0.25) is 0 Å². The number of aromatic hydroxyl groups is 2. The van der Waals surface area contributed by atoms with Crippen LogP contribution < -0.4 is 4.74 Å². The van der Waals surface area contributed by atoms with Gasteiger partial charge in [0.1, 0.15) is 5.75 Å².